The molecule has 0 aliphatic heterocycles. The molecule has 15 heavy (non-hydrogen) atoms. The molecule has 1 N–H and O–H groups in total. The average molecular weight is 205 g/mol. The first-order valence-corrected chi connectivity index (χ1v) is 4.89. The number of esters is 1. The highest BCUT2D eigenvalue weighted by atomic mass is 16.5. The fraction of sp³-hybridized carbons (Fsp3) is 0.250. The maximum absolute atomic E-state index is 10.9. The van der Waals surface area contributed by atoms with Gasteiger partial charge in [-0.15, -0.1) is 0 Å². The van der Waals surface area contributed by atoms with E-state index in [1.807, 2.05) is 31.2 Å². The molecule has 0 heterocycles. The van der Waals surface area contributed by atoms with Crippen LogP contribution in [0, 0.1) is 6.92 Å². The van der Waals surface area contributed by atoms with Crippen LogP contribution in [0.15, 0.2) is 36.5 Å². The lowest BCUT2D eigenvalue weighted by Crippen LogP contribution is -2.00. The maximum atomic E-state index is 10.9. The Kier molecular flexibility index (Phi) is 4.41. The van der Waals surface area contributed by atoms with E-state index in [0.717, 1.165) is 5.69 Å². The second-order valence-electron chi connectivity index (χ2n) is 3.10. The third kappa shape index (κ3) is 4.31. The van der Waals surface area contributed by atoms with Gasteiger partial charge in [0.05, 0.1) is 6.61 Å². The van der Waals surface area contributed by atoms with Gasteiger partial charge >= 0.3 is 5.97 Å². The number of hydrogen-bond acceptors (Lipinski definition) is 3. The molecule has 0 aromatic heterocycles. The number of ether oxygens (including phenoxy) is 1. The normalized spacial score (nSPS) is 10.3. The molecule has 0 aliphatic rings. The predicted octanol–water partition coefficient (Wildman–Crippen LogP) is 2.48. The van der Waals surface area contributed by atoms with Crippen molar-refractivity contribution in [3.05, 3.63) is 42.1 Å². The van der Waals surface area contributed by atoms with Gasteiger partial charge in [-0.3, -0.25) is 0 Å². The first-order valence-electron chi connectivity index (χ1n) is 4.89. The van der Waals surface area contributed by atoms with Crippen LogP contribution in [0.2, 0.25) is 0 Å². The summed E-state index contributed by atoms with van der Waals surface area (Å²) < 4.78 is 4.73. The van der Waals surface area contributed by atoms with E-state index >= 15 is 0 Å². The van der Waals surface area contributed by atoms with E-state index in [0.29, 0.717) is 6.61 Å². The lowest BCUT2D eigenvalue weighted by Gasteiger charge is -2.00. The van der Waals surface area contributed by atoms with Gasteiger partial charge in [0.25, 0.3) is 0 Å². The van der Waals surface area contributed by atoms with Gasteiger partial charge in [-0.2, -0.15) is 0 Å². The van der Waals surface area contributed by atoms with E-state index in [1.54, 1.807) is 13.1 Å². The number of carbonyl (C=O) groups excluding carboxylic acids is 1. The molecule has 3 heteroatoms. The van der Waals surface area contributed by atoms with Gasteiger partial charge in [0.15, 0.2) is 0 Å². The number of benzene rings is 1. The van der Waals surface area contributed by atoms with Crippen LogP contribution in [0.4, 0.5) is 5.69 Å². The molecule has 0 atom stereocenters. The van der Waals surface area contributed by atoms with Gasteiger partial charge in [0.1, 0.15) is 0 Å². The number of nitrogens with one attached hydrogen (secondary N) is 1. The Hall–Kier alpha value is -1.77. The van der Waals surface area contributed by atoms with Gasteiger partial charge in [0, 0.05) is 18.0 Å². The van der Waals surface area contributed by atoms with E-state index in [2.05, 4.69) is 5.32 Å². The molecule has 0 bridgehead atoms. The summed E-state index contributed by atoms with van der Waals surface area (Å²) in [7, 11) is 0. The van der Waals surface area contributed by atoms with Gasteiger partial charge in [-0.25, -0.2) is 4.79 Å². The van der Waals surface area contributed by atoms with E-state index in [4.69, 9.17) is 4.74 Å². The molecule has 1 aromatic rings. The predicted molar refractivity (Wildman–Crippen MR) is 60.6 cm³/mol. The van der Waals surface area contributed by atoms with Gasteiger partial charge < -0.3 is 10.1 Å². The Bertz CT molecular complexity index is 341. The van der Waals surface area contributed by atoms with Crippen LogP contribution in [-0.4, -0.2) is 12.6 Å². The zero-order valence-electron chi connectivity index (χ0n) is 8.99. The number of rotatable bonds is 4. The van der Waals surface area contributed by atoms with Crippen LogP contribution in [0.1, 0.15) is 12.5 Å². The summed E-state index contributed by atoms with van der Waals surface area (Å²) >= 11 is 0. The zero-order chi connectivity index (χ0) is 11.1. The molecular formula is C12H15NO2. The van der Waals surface area contributed by atoms with Crippen molar-refractivity contribution in [1.29, 1.82) is 0 Å². The summed E-state index contributed by atoms with van der Waals surface area (Å²) in [5.74, 6) is -0.336. The molecule has 80 valence electrons. The Morgan fingerprint density at radius 2 is 2.07 bits per heavy atom. The Labute approximate surface area is 89.8 Å². The molecule has 0 unspecified atom stereocenters. The summed E-state index contributed by atoms with van der Waals surface area (Å²) in [6, 6.07) is 7.90. The van der Waals surface area contributed by atoms with E-state index < -0.39 is 0 Å². The van der Waals surface area contributed by atoms with Crippen molar-refractivity contribution in [2.45, 2.75) is 13.8 Å². The highest BCUT2D eigenvalue weighted by Crippen LogP contribution is 2.07. The average Bonchev–Trinajstić information content (AvgIpc) is 2.21. The van der Waals surface area contributed by atoms with Crippen LogP contribution >= 0.6 is 0 Å². The van der Waals surface area contributed by atoms with E-state index in [9.17, 15) is 4.79 Å². The molecule has 0 saturated carbocycles. The fourth-order valence-corrected chi connectivity index (χ4v) is 1.05. The van der Waals surface area contributed by atoms with Crippen molar-refractivity contribution in [3.63, 3.8) is 0 Å². The first kappa shape index (κ1) is 11.3. The van der Waals surface area contributed by atoms with Crippen LogP contribution in [-0.2, 0) is 9.53 Å². The Morgan fingerprint density at radius 3 is 2.67 bits per heavy atom. The van der Waals surface area contributed by atoms with Crippen LogP contribution < -0.4 is 5.32 Å². The van der Waals surface area contributed by atoms with Crippen LogP contribution in [0.5, 0.6) is 0 Å². The van der Waals surface area contributed by atoms with E-state index in [-0.39, 0.29) is 5.97 Å². The molecule has 3 nitrogen and oxygen atoms in total. The standard InChI is InChI=1S/C12H15NO2/c1-3-15-12(14)8-9-13-11-6-4-10(2)5-7-11/h4-9,13H,3H2,1-2H3/b9-8+. The molecule has 0 amide bonds. The largest absolute Gasteiger partial charge is 0.463 e. The third-order valence-corrected chi connectivity index (χ3v) is 1.81. The third-order valence-electron chi connectivity index (χ3n) is 1.81. The molecule has 0 aliphatic carbocycles. The summed E-state index contributed by atoms with van der Waals surface area (Å²) in [4.78, 5) is 10.9. The minimum atomic E-state index is -0.336. The van der Waals surface area contributed by atoms with E-state index in [1.165, 1.54) is 11.6 Å². The van der Waals surface area contributed by atoms with Crippen molar-refractivity contribution in [2.24, 2.45) is 0 Å². The Morgan fingerprint density at radius 1 is 1.40 bits per heavy atom. The molecule has 1 aromatic carbocycles. The number of aryl methyl sites for hydroxylation is 1. The number of anilines is 1. The molecule has 0 saturated heterocycles. The summed E-state index contributed by atoms with van der Waals surface area (Å²) in [6.07, 6.45) is 2.94. The van der Waals surface area contributed by atoms with Crippen molar-refractivity contribution in [1.82, 2.24) is 0 Å². The molecule has 0 spiro atoms. The van der Waals surface area contributed by atoms with Crippen LogP contribution in [0.3, 0.4) is 0 Å². The van der Waals surface area contributed by atoms with Crippen molar-refractivity contribution in [3.8, 4) is 0 Å². The quantitative estimate of drug-likeness (QED) is 0.606. The summed E-state index contributed by atoms with van der Waals surface area (Å²) in [6.45, 7) is 4.20. The second kappa shape index (κ2) is 5.86. The second-order valence-corrected chi connectivity index (χ2v) is 3.10. The lowest BCUT2D eigenvalue weighted by atomic mass is 10.2. The van der Waals surface area contributed by atoms with Crippen molar-refractivity contribution in [2.75, 3.05) is 11.9 Å². The molecular weight excluding hydrogens is 190 g/mol. The SMILES string of the molecule is CCOC(=O)/C=C/Nc1ccc(C)cc1. The van der Waals surface area contributed by atoms with Gasteiger partial charge in [-0.05, 0) is 26.0 Å². The lowest BCUT2D eigenvalue weighted by molar-refractivity contribution is -0.137. The monoisotopic (exact) mass is 205 g/mol. The number of carbonyl (C=O) groups is 1. The number of hydrogen-bond donors (Lipinski definition) is 1. The minimum absolute atomic E-state index is 0.336. The molecule has 0 fully saturated rings. The summed E-state index contributed by atoms with van der Waals surface area (Å²) in [5, 5.41) is 2.98. The topological polar surface area (TPSA) is 38.3 Å². The fourth-order valence-electron chi connectivity index (χ4n) is 1.05. The highest BCUT2D eigenvalue weighted by molar-refractivity contribution is 5.82. The van der Waals surface area contributed by atoms with Crippen LogP contribution in [0.25, 0.3) is 0 Å². The van der Waals surface area contributed by atoms with Gasteiger partial charge in [-0.1, -0.05) is 17.7 Å². The molecule has 0 radical (unpaired) electrons. The van der Waals surface area contributed by atoms with Crippen molar-refractivity contribution >= 4 is 11.7 Å². The van der Waals surface area contributed by atoms with Gasteiger partial charge in [0.2, 0.25) is 0 Å². The zero-order valence-corrected chi connectivity index (χ0v) is 8.99. The minimum Gasteiger partial charge on any atom is -0.463 e. The first-order chi connectivity index (χ1) is 7.22. The smallest absolute Gasteiger partial charge is 0.332 e. The highest BCUT2D eigenvalue weighted by Gasteiger charge is 1.92. The maximum Gasteiger partial charge on any atom is 0.332 e. The van der Waals surface area contributed by atoms with Crippen molar-refractivity contribution < 1.29 is 9.53 Å². The molecule has 1 rings (SSSR count). The summed E-state index contributed by atoms with van der Waals surface area (Å²) in [5.41, 5.74) is 2.15. The Balaban J connectivity index is 2.43.